The Hall–Kier alpha value is -2.87. The second-order valence-corrected chi connectivity index (χ2v) is 6.85. The summed E-state index contributed by atoms with van der Waals surface area (Å²) in [6.45, 7) is 4.78. The van der Waals surface area contributed by atoms with Gasteiger partial charge in [0.15, 0.2) is 0 Å². The summed E-state index contributed by atoms with van der Waals surface area (Å²) in [4.78, 5) is 22.9. The SMILES string of the molecule is CCOC(=O)N1CCC(Nc2cc(-c3ccccc3)nc(NCCOC)n2)CC1. The molecule has 1 aromatic heterocycles. The quantitative estimate of drug-likeness (QED) is 0.659. The van der Waals surface area contributed by atoms with Crippen molar-refractivity contribution >= 4 is 17.9 Å². The van der Waals surface area contributed by atoms with Crippen molar-refractivity contribution in [3.63, 3.8) is 0 Å². The standard InChI is InChI=1S/C21H29N5O3/c1-3-29-21(27)26-12-9-17(10-13-26)23-19-15-18(16-7-5-4-6-8-16)24-20(25-19)22-11-14-28-2/h4-8,15,17H,3,9-14H2,1-2H3,(H2,22,23,24,25). The minimum absolute atomic E-state index is 0.232. The van der Waals surface area contributed by atoms with Gasteiger partial charge in [-0.2, -0.15) is 4.98 Å². The highest BCUT2D eigenvalue weighted by molar-refractivity contribution is 5.68. The smallest absolute Gasteiger partial charge is 0.409 e. The van der Waals surface area contributed by atoms with Crippen molar-refractivity contribution in [1.82, 2.24) is 14.9 Å². The number of ether oxygens (including phenoxy) is 2. The third kappa shape index (κ3) is 6.05. The summed E-state index contributed by atoms with van der Waals surface area (Å²) in [6.07, 6.45) is 1.45. The van der Waals surface area contributed by atoms with Crippen molar-refractivity contribution in [3.05, 3.63) is 36.4 Å². The highest BCUT2D eigenvalue weighted by Gasteiger charge is 2.24. The lowest BCUT2D eigenvalue weighted by atomic mass is 10.1. The molecule has 0 atom stereocenters. The molecule has 0 bridgehead atoms. The van der Waals surface area contributed by atoms with Crippen molar-refractivity contribution in [3.8, 4) is 11.3 Å². The summed E-state index contributed by atoms with van der Waals surface area (Å²) in [5, 5.41) is 6.72. The summed E-state index contributed by atoms with van der Waals surface area (Å²) in [7, 11) is 1.67. The Bertz CT molecular complexity index is 779. The van der Waals surface area contributed by atoms with E-state index in [-0.39, 0.29) is 12.1 Å². The Kier molecular flexibility index (Phi) is 7.63. The average molecular weight is 399 g/mol. The number of methoxy groups -OCH3 is 1. The van der Waals surface area contributed by atoms with E-state index in [9.17, 15) is 4.79 Å². The van der Waals surface area contributed by atoms with Crippen LogP contribution in [0.3, 0.4) is 0 Å². The molecule has 1 aliphatic heterocycles. The molecule has 0 aliphatic carbocycles. The zero-order chi connectivity index (χ0) is 20.5. The fourth-order valence-electron chi connectivity index (χ4n) is 3.25. The molecule has 2 heterocycles. The van der Waals surface area contributed by atoms with E-state index in [1.54, 1.807) is 12.0 Å². The third-order valence-corrected chi connectivity index (χ3v) is 4.76. The molecule has 0 spiro atoms. The van der Waals surface area contributed by atoms with Gasteiger partial charge < -0.3 is 25.0 Å². The number of carbonyl (C=O) groups excluding carboxylic acids is 1. The van der Waals surface area contributed by atoms with E-state index in [1.165, 1.54) is 0 Å². The molecule has 156 valence electrons. The van der Waals surface area contributed by atoms with Crippen LogP contribution in [-0.4, -0.2) is 67.0 Å². The van der Waals surface area contributed by atoms with Crippen LogP contribution in [-0.2, 0) is 9.47 Å². The Labute approximate surface area is 171 Å². The van der Waals surface area contributed by atoms with Crippen LogP contribution in [0.25, 0.3) is 11.3 Å². The molecule has 1 amide bonds. The number of rotatable bonds is 8. The number of hydrogen-bond donors (Lipinski definition) is 2. The van der Waals surface area contributed by atoms with Crippen LogP contribution in [0.2, 0.25) is 0 Å². The second-order valence-electron chi connectivity index (χ2n) is 6.85. The number of carbonyl (C=O) groups is 1. The van der Waals surface area contributed by atoms with Crippen LogP contribution in [0.4, 0.5) is 16.6 Å². The van der Waals surface area contributed by atoms with Gasteiger partial charge in [0.25, 0.3) is 0 Å². The lowest BCUT2D eigenvalue weighted by Gasteiger charge is -2.32. The van der Waals surface area contributed by atoms with E-state index in [0.29, 0.717) is 38.8 Å². The normalized spacial score (nSPS) is 14.5. The van der Waals surface area contributed by atoms with Gasteiger partial charge in [-0.15, -0.1) is 0 Å². The van der Waals surface area contributed by atoms with Gasteiger partial charge >= 0.3 is 6.09 Å². The Balaban J connectivity index is 1.69. The minimum Gasteiger partial charge on any atom is -0.450 e. The number of nitrogens with one attached hydrogen (secondary N) is 2. The molecular weight excluding hydrogens is 370 g/mol. The molecular formula is C21H29N5O3. The number of nitrogens with zero attached hydrogens (tertiary/aromatic N) is 3. The van der Waals surface area contributed by atoms with Gasteiger partial charge in [0.1, 0.15) is 5.82 Å². The van der Waals surface area contributed by atoms with Crippen molar-refractivity contribution < 1.29 is 14.3 Å². The molecule has 8 nitrogen and oxygen atoms in total. The van der Waals surface area contributed by atoms with E-state index < -0.39 is 0 Å². The van der Waals surface area contributed by atoms with Gasteiger partial charge in [0.05, 0.1) is 18.9 Å². The van der Waals surface area contributed by atoms with Crippen LogP contribution < -0.4 is 10.6 Å². The van der Waals surface area contributed by atoms with Crippen molar-refractivity contribution in [2.75, 3.05) is 50.6 Å². The first-order chi connectivity index (χ1) is 14.2. The summed E-state index contributed by atoms with van der Waals surface area (Å²) in [5.74, 6) is 1.34. The first-order valence-electron chi connectivity index (χ1n) is 10.0. The molecule has 8 heteroatoms. The number of hydrogen-bond acceptors (Lipinski definition) is 7. The molecule has 1 aliphatic rings. The van der Waals surface area contributed by atoms with Crippen LogP contribution in [0.5, 0.6) is 0 Å². The Morgan fingerprint density at radius 1 is 1.21 bits per heavy atom. The van der Waals surface area contributed by atoms with Crippen molar-refractivity contribution in [1.29, 1.82) is 0 Å². The molecule has 1 saturated heterocycles. The largest absolute Gasteiger partial charge is 0.450 e. The number of piperidine rings is 1. The first kappa shape index (κ1) is 20.9. The van der Waals surface area contributed by atoms with Crippen molar-refractivity contribution in [2.45, 2.75) is 25.8 Å². The number of aromatic nitrogens is 2. The lowest BCUT2D eigenvalue weighted by Crippen LogP contribution is -2.42. The Morgan fingerprint density at radius 2 is 1.97 bits per heavy atom. The fourth-order valence-corrected chi connectivity index (χ4v) is 3.25. The summed E-state index contributed by atoms with van der Waals surface area (Å²) >= 11 is 0. The Morgan fingerprint density at radius 3 is 2.66 bits per heavy atom. The molecule has 0 saturated carbocycles. The van der Waals surface area contributed by atoms with Crippen LogP contribution in [0.1, 0.15) is 19.8 Å². The molecule has 0 radical (unpaired) electrons. The van der Waals surface area contributed by atoms with Crippen LogP contribution in [0, 0.1) is 0 Å². The van der Waals surface area contributed by atoms with Gasteiger partial charge in [-0.25, -0.2) is 9.78 Å². The average Bonchev–Trinajstić information content (AvgIpc) is 2.75. The third-order valence-electron chi connectivity index (χ3n) is 4.76. The van der Waals surface area contributed by atoms with Crippen LogP contribution >= 0.6 is 0 Å². The van der Waals surface area contributed by atoms with E-state index in [2.05, 4.69) is 20.6 Å². The predicted molar refractivity (Wildman–Crippen MR) is 113 cm³/mol. The van der Waals surface area contributed by atoms with Gasteiger partial charge in [-0.05, 0) is 19.8 Å². The topological polar surface area (TPSA) is 88.6 Å². The first-order valence-corrected chi connectivity index (χ1v) is 10.0. The lowest BCUT2D eigenvalue weighted by molar-refractivity contribution is 0.0983. The molecule has 3 rings (SSSR count). The minimum atomic E-state index is -0.232. The highest BCUT2D eigenvalue weighted by atomic mass is 16.6. The maximum atomic E-state index is 11.9. The molecule has 29 heavy (non-hydrogen) atoms. The highest BCUT2D eigenvalue weighted by Crippen LogP contribution is 2.23. The maximum absolute atomic E-state index is 11.9. The maximum Gasteiger partial charge on any atom is 0.409 e. The summed E-state index contributed by atoms with van der Waals surface area (Å²) in [6, 6.07) is 12.2. The van der Waals surface area contributed by atoms with E-state index in [0.717, 1.165) is 29.9 Å². The van der Waals surface area contributed by atoms with Crippen molar-refractivity contribution in [2.24, 2.45) is 0 Å². The molecule has 2 N–H and O–H groups in total. The second kappa shape index (κ2) is 10.6. The summed E-state index contributed by atoms with van der Waals surface area (Å²) in [5.41, 5.74) is 1.89. The molecule has 0 unspecified atom stereocenters. The van der Waals surface area contributed by atoms with E-state index in [4.69, 9.17) is 9.47 Å². The van der Waals surface area contributed by atoms with Gasteiger partial charge in [0, 0.05) is 44.4 Å². The predicted octanol–water partition coefficient (Wildman–Crippen LogP) is 3.23. The number of benzene rings is 1. The molecule has 2 aromatic rings. The van der Waals surface area contributed by atoms with E-state index >= 15 is 0 Å². The van der Waals surface area contributed by atoms with Gasteiger partial charge in [0.2, 0.25) is 5.95 Å². The molecule has 1 fully saturated rings. The van der Waals surface area contributed by atoms with Gasteiger partial charge in [-0.1, -0.05) is 30.3 Å². The monoisotopic (exact) mass is 399 g/mol. The number of anilines is 2. The van der Waals surface area contributed by atoms with Gasteiger partial charge in [-0.3, -0.25) is 0 Å². The zero-order valence-corrected chi connectivity index (χ0v) is 17.1. The summed E-state index contributed by atoms with van der Waals surface area (Å²) < 4.78 is 10.2. The van der Waals surface area contributed by atoms with Crippen LogP contribution in [0.15, 0.2) is 36.4 Å². The number of amides is 1. The number of likely N-dealkylation sites (tertiary alicyclic amines) is 1. The fraction of sp³-hybridized carbons (Fsp3) is 0.476. The zero-order valence-electron chi connectivity index (χ0n) is 17.1. The van der Waals surface area contributed by atoms with E-state index in [1.807, 2.05) is 43.3 Å². The molecule has 1 aromatic carbocycles.